The molecular formula is C26H24N6O2. The van der Waals surface area contributed by atoms with Crippen molar-refractivity contribution in [2.75, 3.05) is 13.1 Å². The first-order chi connectivity index (χ1) is 16.6. The smallest absolute Gasteiger partial charge is 0.258 e. The fraction of sp³-hybridized carbons (Fsp3) is 0.192. The highest BCUT2D eigenvalue weighted by Gasteiger charge is 2.25. The Kier molecular flexibility index (Phi) is 5.86. The number of guanidine groups is 1. The molecule has 8 heteroatoms. The van der Waals surface area contributed by atoms with Gasteiger partial charge in [-0.3, -0.25) is 14.9 Å². The van der Waals surface area contributed by atoms with Gasteiger partial charge in [0.25, 0.3) is 11.8 Å². The summed E-state index contributed by atoms with van der Waals surface area (Å²) < 4.78 is 1.75. The van der Waals surface area contributed by atoms with Gasteiger partial charge in [-0.2, -0.15) is 5.10 Å². The van der Waals surface area contributed by atoms with E-state index in [1.165, 1.54) is 5.56 Å². The van der Waals surface area contributed by atoms with Gasteiger partial charge in [0.15, 0.2) is 0 Å². The maximum absolute atomic E-state index is 13.0. The molecule has 1 N–H and O–H groups in total. The molecule has 0 saturated heterocycles. The number of nitrogens with zero attached hydrogens (tertiary/aromatic N) is 5. The number of aryl methyl sites for hydroxylation is 1. The van der Waals surface area contributed by atoms with Gasteiger partial charge in [-0.05, 0) is 54.4 Å². The van der Waals surface area contributed by atoms with Gasteiger partial charge >= 0.3 is 0 Å². The van der Waals surface area contributed by atoms with E-state index in [9.17, 15) is 9.59 Å². The zero-order chi connectivity index (χ0) is 23.5. The summed E-state index contributed by atoms with van der Waals surface area (Å²) in [7, 11) is 0. The predicted octanol–water partition coefficient (Wildman–Crippen LogP) is 3.41. The summed E-state index contributed by atoms with van der Waals surface area (Å²) in [6, 6.07) is 16.7. The van der Waals surface area contributed by atoms with Crippen LogP contribution in [-0.2, 0) is 6.42 Å². The topological polar surface area (TPSA) is 92.0 Å². The van der Waals surface area contributed by atoms with Crippen LogP contribution < -0.4 is 5.32 Å². The summed E-state index contributed by atoms with van der Waals surface area (Å²) in [4.78, 5) is 36.2. The average Bonchev–Trinajstić information content (AvgIpc) is 3.43. The number of hydrogen-bond acceptors (Lipinski definition) is 5. The molecule has 34 heavy (non-hydrogen) atoms. The molecule has 0 bridgehead atoms. The third kappa shape index (κ3) is 4.43. The van der Waals surface area contributed by atoms with Crippen LogP contribution >= 0.6 is 0 Å². The number of nitrogens with one attached hydrogen (secondary N) is 1. The average molecular weight is 453 g/mol. The monoisotopic (exact) mass is 452 g/mol. The minimum atomic E-state index is -0.232. The number of amides is 2. The number of carbonyl (C=O) groups excluding carboxylic acids is 2. The number of aromatic nitrogens is 2. The number of aliphatic imine (C=N–C) groups is 2. The van der Waals surface area contributed by atoms with Crippen LogP contribution in [0.25, 0.3) is 5.69 Å². The quantitative estimate of drug-likeness (QED) is 0.658. The van der Waals surface area contributed by atoms with Crippen LogP contribution in [0.4, 0.5) is 0 Å². The molecule has 0 aliphatic carbocycles. The lowest BCUT2D eigenvalue weighted by Crippen LogP contribution is -2.37. The number of rotatable bonds is 4. The molecule has 5 rings (SSSR count). The van der Waals surface area contributed by atoms with Crippen molar-refractivity contribution in [1.29, 1.82) is 0 Å². The molecule has 0 saturated carbocycles. The lowest BCUT2D eigenvalue weighted by atomic mass is 10.0. The highest BCUT2D eigenvalue weighted by Crippen LogP contribution is 2.19. The highest BCUT2D eigenvalue weighted by molar-refractivity contribution is 6.14. The fourth-order valence-electron chi connectivity index (χ4n) is 3.93. The second-order valence-electron chi connectivity index (χ2n) is 8.10. The van der Waals surface area contributed by atoms with Gasteiger partial charge in [0.05, 0.1) is 17.9 Å². The minimum absolute atomic E-state index is 0.0721. The lowest BCUT2D eigenvalue weighted by molar-refractivity contribution is 0.0822. The second kappa shape index (κ2) is 9.27. The standard InChI is InChI=1S/C26H24N6O2/c1-2-18-4-6-19(7-5-18)24(33)30-26-27-16-21-17-31(15-12-23(21)29-26)25(34)20-8-10-22(11-9-20)32-14-3-13-28-32/h3-11,13-14,17H,2,12,15-16H2,1H3,(H,27,30,33). The molecule has 0 radical (unpaired) electrons. The molecule has 2 aliphatic rings. The first-order valence-corrected chi connectivity index (χ1v) is 11.2. The third-order valence-corrected chi connectivity index (χ3v) is 5.91. The van der Waals surface area contributed by atoms with Crippen molar-refractivity contribution in [3.05, 3.63) is 95.5 Å². The molecule has 2 aromatic carbocycles. The van der Waals surface area contributed by atoms with Crippen LogP contribution in [0, 0.1) is 0 Å². The van der Waals surface area contributed by atoms with E-state index >= 15 is 0 Å². The summed E-state index contributed by atoms with van der Waals surface area (Å²) in [5.74, 6) is 0.00669. The molecule has 3 aromatic rings. The van der Waals surface area contributed by atoms with E-state index in [4.69, 9.17) is 0 Å². The lowest BCUT2D eigenvalue weighted by Gasteiger charge is -2.27. The molecule has 170 valence electrons. The number of fused-ring (bicyclic) bond motifs is 1. The van der Waals surface area contributed by atoms with E-state index in [2.05, 4.69) is 27.3 Å². The summed E-state index contributed by atoms with van der Waals surface area (Å²) in [6.45, 7) is 2.96. The predicted molar refractivity (Wildman–Crippen MR) is 130 cm³/mol. The van der Waals surface area contributed by atoms with Crippen molar-refractivity contribution in [2.45, 2.75) is 19.8 Å². The molecule has 0 atom stereocenters. The Morgan fingerprint density at radius 2 is 1.79 bits per heavy atom. The minimum Gasteiger partial charge on any atom is -0.314 e. The molecule has 2 amide bonds. The zero-order valence-electron chi connectivity index (χ0n) is 18.8. The van der Waals surface area contributed by atoms with Gasteiger partial charge in [-0.25, -0.2) is 14.7 Å². The fourth-order valence-corrected chi connectivity index (χ4v) is 3.93. The second-order valence-corrected chi connectivity index (χ2v) is 8.10. The van der Waals surface area contributed by atoms with Gasteiger partial charge < -0.3 is 4.90 Å². The third-order valence-electron chi connectivity index (χ3n) is 5.91. The Labute approximate surface area is 197 Å². The molecule has 2 aliphatic heterocycles. The molecule has 0 spiro atoms. The number of hydrogen-bond donors (Lipinski definition) is 1. The van der Waals surface area contributed by atoms with Crippen molar-refractivity contribution < 1.29 is 9.59 Å². The molecule has 8 nitrogen and oxygen atoms in total. The van der Waals surface area contributed by atoms with Crippen molar-refractivity contribution >= 4 is 23.5 Å². The van der Waals surface area contributed by atoms with E-state index in [0.29, 0.717) is 36.6 Å². The van der Waals surface area contributed by atoms with Crippen LogP contribution in [0.2, 0.25) is 0 Å². The van der Waals surface area contributed by atoms with Crippen molar-refractivity contribution in [3.8, 4) is 5.69 Å². The number of benzene rings is 2. The molecule has 0 fully saturated rings. The van der Waals surface area contributed by atoms with Crippen LogP contribution in [0.15, 0.2) is 88.7 Å². The van der Waals surface area contributed by atoms with E-state index in [0.717, 1.165) is 23.4 Å². The molecule has 3 heterocycles. The Morgan fingerprint density at radius 3 is 2.50 bits per heavy atom. The Bertz CT molecular complexity index is 1300. The SMILES string of the molecule is CCc1ccc(C(=O)NC2=NCC3=CN(C(=O)c4ccc(-n5cccn5)cc4)CCC3=N2)cc1. The van der Waals surface area contributed by atoms with Gasteiger partial charge in [0.1, 0.15) is 0 Å². The van der Waals surface area contributed by atoms with Gasteiger partial charge in [0.2, 0.25) is 5.96 Å². The Balaban J connectivity index is 1.24. The number of carbonyl (C=O) groups is 2. The maximum Gasteiger partial charge on any atom is 0.258 e. The Morgan fingerprint density at radius 1 is 1.03 bits per heavy atom. The first kappa shape index (κ1) is 21.5. The van der Waals surface area contributed by atoms with E-state index in [1.54, 1.807) is 27.9 Å². The molecule has 0 unspecified atom stereocenters. The maximum atomic E-state index is 13.0. The van der Waals surface area contributed by atoms with Crippen molar-refractivity contribution in [1.82, 2.24) is 20.0 Å². The normalized spacial score (nSPS) is 15.1. The van der Waals surface area contributed by atoms with Crippen LogP contribution in [0.3, 0.4) is 0 Å². The zero-order valence-corrected chi connectivity index (χ0v) is 18.8. The summed E-state index contributed by atoms with van der Waals surface area (Å²) in [5.41, 5.74) is 4.99. The van der Waals surface area contributed by atoms with E-state index < -0.39 is 0 Å². The molecule has 1 aromatic heterocycles. The largest absolute Gasteiger partial charge is 0.314 e. The van der Waals surface area contributed by atoms with Crippen molar-refractivity contribution in [3.63, 3.8) is 0 Å². The summed E-state index contributed by atoms with van der Waals surface area (Å²) >= 11 is 0. The van der Waals surface area contributed by atoms with Gasteiger partial charge in [-0.15, -0.1) is 0 Å². The molecular weight excluding hydrogens is 428 g/mol. The van der Waals surface area contributed by atoms with Gasteiger partial charge in [-0.1, -0.05) is 19.1 Å². The van der Waals surface area contributed by atoms with Crippen LogP contribution in [-0.4, -0.2) is 51.3 Å². The van der Waals surface area contributed by atoms with Gasteiger partial charge in [0, 0.05) is 48.3 Å². The first-order valence-electron chi connectivity index (χ1n) is 11.2. The van der Waals surface area contributed by atoms with Crippen LogP contribution in [0.5, 0.6) is 0 Å². The van der Waals surface area contributed by atoms with Crippen molar-refractivity contribution in [2.24, 2.45) is 9.98 Å². The Hall–Kier alpha value is -4.33. The summed E-state index contributed by atoms with van der Waals surface area (Å²) in [5, 5.41) is 7.00. The van der Waals surface area contributed by atoms with E-state index in [-0.39, 0.29) is 11.8 Å². The highest BCUT2D eigenvalue weighted by atomic mass is 16.2. The van der Waals surface area contributed by atoms with Crippen LogP contribution in [0.1, 0.15) is 39.6 Å². The van der Waals surface area contributed by atoms with E-state index in [1.807, 2.05) is 54.9 Å². The summed E-state index contributed by atoms with van der Waals surface area (Å²) in [6.07, 6.45) is 6.91.